The molecule has 2 aromatic carbocycles. The van der Waals surface area contributed by atoms with Gasteiger partial charge < -0.3 is 10.2 Å². The summed E-state index contributed by atoms with van der Waals surface area (Å²) in [6, 6.07) is 7.89. The summed E-state index contributed by atoms with van der Waals surface area (Å²) in [6.07, 6.45) is 0. The molecule has 2 N–H and O–H groups in total. The summed E-state index contributed by atoms with van der Waals surface area (Å²) in [5, 5.41) is 19.8. The van der Waals surface area contributed by atoms with Crippen LogP contribution in [0.25, 0.3) is 0 Å². The second-order valence-corrected chi connectivity index (χ2v) is 6.71. The van der Waals surface area contributed by atoms with Crippen LogP contribution in [0, 0.1) is 33.6 Å². The minimum absolute atomic E-state index is 0.249. The molecule has 0 aliphatic heterocycles. The Morgan fingerprint density at radius 1 is 0.636 bits per heavy atom. The van der Waals surface area contributed by atoms with Crippen molar-refractivity contribution in [1.82, 2.24) is 0 Å². The monoisotopic (exact) mass is 298 g/mol. The first-order valence-corrected chi connectivity index (χ1v) is 7.82. The van der Waals surface area contributed by atoms with Crippen molar-refractivity contribution >= 4 is 0 Å². The molecule has 0 amide bonds. The van der Waals surface area contributed by atoms with E-state index in [9.17, 15) is 10.2 Å². The summed E-state index contributed by atoms with van der Waals surface area (Å²) in [6.45, 7) is 12.4. The van der Waals surface area contributed by atoms with E-state index in [2.05, 4.69) is 26.0 Å². The first kappa shape index (κ1) is 16.4. The maximum atomic E-state index is 9.92. The van der Waals surface area contributed by atoms with Gasteiger partial charge in [0, 0.05) is 5.92 Å². The molecule has 0 heterocycles. The van der Waals surface area contributed by atoms with E-state index in [1.807, 2.05) is 39.8 Å². The summed E-state index contributed by atoms with van der Waals surface area (Å²) in [5.74, 6) is 1.37. The third kappa shape index (κ3) is 2.96. The van der Waals surface area contributed by atoms with Gasteiger partial charge >= 0.3 is 0 Å². The number of phenols is 2. The second-order valence-electron chi connectivity index (χ2n) is 6.71. The summed E-state index contributed by atoms with van der Waals surface area (Å²) >= 11 is 0. The fraction of sp³-hybridized carbons (Fsp3) is 0.400. The number of benzene rings is 2. The van der Waals surface area contributed by atoms with Gasteiger partial charge in [-0.3, -0.25) is 0 Å². The molecule has 2 aromatic rings. The predicted octanol–water partition coefficient (Wildman–Crippen LogP) is 5.12. The Balaban J connectivity index is 2.67. The largest absolute Gasteiger partial charge is 0.508 e. The van der Waals surface area contributed by atoms with Crippen LogP contribution >= 0.6 is 0 Å². The van der Waals surface area contributed by atoms with E-state index in [4.69, 9.17) is 0 Å². The Hall–Kier alpha value is -1.96. The first-order valence-electron chi connectivity index (χ1n) is 7.82. The van der Waals surface area contributed by atoms with Crippen molar-refractivity contribution in [2.24, 2.45) is 5.92 Å². The minimum atomic E-state index is 0.249. The molecule has 0 radical (unpaired) electrons. The van der Waals surface area contributed by atoms with Crippen molar-refractivity contribution in [3.8, 4) is 11.5 Å². The molecule has 0 spiro atoms. The van der Waals surface area contributed by atoms with Gasteiger partial charge in [0.2, 0.25) is 0 Å². The van der Waals surface area contributed by atoms with Gasteiger partial charge in [0.15, 0.2) is 0 Å². The van der Waals surface area contributed by atoms with Crippen LogP contribution in [-0.4, -0.2) is 10.2 Å². The summed E-state index contributed by atoms with van der Waals surface area (Å²) in [5.41, 5.74) is 6.51. The molecule has 2 nitrogen and oxygen atoms in total. The molecule has 2 heteroatoms. The van der Waals surface area contributed by atoms with Crippen LogP contribution in [0.4, 0.5) is 0 Å². The lowest BCUT2D eigenvalue weighted by atomic mass is 9.78. The van der Waals surface area contributed by atoms with Crippen LogP contribution < -0.4 is 0 Å². The van der Waals surface area contributed by atoms with E-state index >= 15 is 0 Å². The van der Waals surface area contributed by atoms with Gasteiger partial charge in [-0.2, -0.15) is 0 Å². The zero-order chi connectivity index (χ0) is 16.6. The molecular formula is C20H26O2. The summed E-state index contributed by atoms with van der Waals surface area (Å²) in [7, 11) is 0. The molecule has 0 saturated carbocycles. The van der Waals surface area contributed by atoms with Crippen molar-refractivity contribution in [1.29, 1.82) is 0 Å². The Bertz CT molecular complexity index is 642. The Kier molecular flexibility index (Phi) is 4.50. The summed E-state index contributed by atoms with van der Waals surface area (Å²) in [4.78, 5) is 0. The molecule has 0 bridgehead atoms. The third-order valence-corrected chi connectivity index (χ3v) is 4.51. The second kappa shape index (κ2) is 6.04. The van der Waals surface area contributed by atoms with E-state index in [0.29, 0.717) is 17.4 Å². The van der Waals surface area contributed by atoms with Crippen molar-refractivity contribution in [2.75, 3.05) is 0 Å². The lowest BCUT2D eigenvalue weighted by Gasteiger charge is -2.27. The molecule has 0 aromatic heterocycles. The van der Waals surface area contributed by atoms with E-state index < -0.39 is 0 Å². The Morgan fingerprint density at radius 2 is 1.00 bits per heavy atom. The lowest BCUT2D eigenvalue weighted by Crippen LogP contribution is -2.12. The quantitative estimate of drug-likeness (QED) is 0.825. The van der Waals surface area contributed by atoms with E-state index in [1.165, 1.54) is 11.1 Å². The zero-order valence-corrected chi connectivity index (χ0v) is 14.4. The van der Waals surface area contributed by atoms with Gasteiger partial charge in [0.25, 0.3) is 0 Å². The van der Waals surface area contributed by atoms with Gasteiger partial charge in [-0.05, 0) is 79.1 Å². The van der Waals surface area contributed by atoms with Crippen molar-refractivity contribution in [3.05, 3.63) is 57.6 Å². The number of hydrogen-bond acceptors (Lipinski definition) is 2. The number of rotatable bonds is 3. The third-order valence-electron chi connectivity index (χ3n) is 4.51. The van der Waals surface area contributed by atoms with Crippen molar-refractivity contribution < 1.29 is 10.2 Å². The number of aryl methyl sites for hydroxylation is 4. The van der Waals surface area contributed by atoms with Crippen LogP contribution in [0.1, 0.15) is 53.1 Å². The van der Waals surface area contributed by atoms with Gasteiger partial charge in [-0.25, -0.2) is 0 Å². The molecule has 22 heavy (non-hydrogen) atoms. The fourth-order valence-corrected chi connectivity index (χ4v) is 3.20. The van der Waals surface area contributed by atoms with Gasteiger partial charge in [-0.15, -0.1) is 0 Å². The smallest absolute Gasteiger partial charge is 0.118 e. The van der Waals surface area contributed by atoms with Crippen molar-refractivity contribution in [3.63, 3.8) is 0 Å². The molecule has 0 aliphatic carbocycles. The molecule has 0 fully saturated rings. The van der Waals surface area contributed by atoms with E-state index in [-0.39, 0.29) is 5.92 Å². The van der Waals surface area contributed by atoms with Crippen molar-refractivity contribution in [2.45, 2.75) is 47.5 Å². The van der Waals surface area contributed by atoms with Crippen LogP contribution in [0.2, 0.25) is 0 Å². The number of aromatic hydroxyl groups is 2. The highest BCUT2D eigenvalue weighted by atomic mass is 16.3. The highest BCUT2D eigenvalue weighted by Crippen LogP contribution is 2.39. The highest BCUT2D eigenvalue weighted by molar-refractivity contribution is 5.50. The topological polar surface area (TPSA) is 40.5 Å². The van der Waals surface area contributed by atoms with Crippen LogP contribution in [0.3, 0.4) is 0 Å². The van der Waals surface area contributed by atoms with Crippen LogP contribution in [0.5, 0.6) is 11.5 Å². The molecular weight excluding hydrogens is 272 g/mol. The van der Waals surface area contributed by atoms with E-state index in [1.54, 1.807) is 0 Å². The SMILES string of the molecule is Cc1cc(C(c2cc(C)c(O)cc2C)C(C)C)c(C)cc1O. The number of hydrogen-bond donors (Lipinski definition) is 2. The minimum Gasteiger partial charge on any atom is -0.508 e. The highest BCUT2D eigenvalue weighted by Gasteiger charge is 2.23. The fourth-order valence-electron chi connectivity index (χ4n) is 3.20. The van der Waals surface area contributed by atoms with Gasteiger partial charge in [0.05, 0.1) is 0 Å². The maximum Gasteiger partial charge on any atom is 0.118 e. The lowest BCUT2D eigenvalue weighted by molar-refractivity contribution is 0.468. The molecule has 0 unspecified atom stereocenters. The normalized spacial score (nSPS) is 11.5. The average Bonchev–Trinajstić information content (AvgIpc) is 2.41. The molecule has 118 valence electrons. The zero-order valence-electron chi connectivity index (χ0n) is 14.4. The molecule has 0 atom stereocenters. The Morgan fingerprint density at radius 3 is 1.32 bits per heavy atom. The molecule has 2 rings (SSSR count). The van der Waals surface area contributed by atoms with Gasteiger partial charge in [0.1, 0.15) is 11.5 Å². The van der Waals surface area contributed by atoms with E-state index in [0.717, 1.165) is 22.3 Å². The Labute approximate surface area is 133 Å². The maximum absolute atomic E-state index is 9.92. The van der Waals surface area contributed by atoms with Gasteiger partial charge in [-0.1, -0.05) is 26.0 Å². The first-order chi connectivity index (χ1) is 10.2. The standard InChI is InChI=1S/C20H26O2/c1-11(2)20(16-7-14(5)18(21)9-12(16)3)17-8-15(6)19(22)10-13(17)4/h7-11,20-22H,1-6H3. The molecule has 0 saturated heterocycles. The number of phenolic OH excluding ortho intramolecular Hbond substituents is 2. The van der Waals surface area contributed by atoms with Crippen LogP contribution in [-0.2, 0) is 0 Å². The van der Waals surface area contributed by atoms with Crippen LogP contribution in [0.15, 0.2) is 24.3 Å². The predicted molar refractivity (Wildman–Crippen MR) is 91.8 cm³/mol. The molecule has 0 aliphatic rings. The average molecular weight is 298 g/mol. The summed E-state index contributed by atoms with van der Waals surface area (Å²) < 4.78 is 0.